The van der Waals surface area contributed by atoms with Crippen LogP contribution in [0.5, 0.6) is 0 Å². The smallest absolute Gasteiger partial charge is 0.306 e. The molecule has 4 heteroatoms. The number of nitrogens with one attached hydrogen (secondary N) is 1. The van der Waals surface area contributed by atoms with Gasteiger partial charge in [-0.1, -0.05) is 12.1 Å². The van der Waals surface area contributed by atoms with Gasteiger partial charge in [0, 0.05) is 6.04 Å². The van der Waals surface area contributed by atoms with E-state index < -0.39 is 0 Å². The van der Waals surface area contributed by atoms with Crippen molar-refractivity contribution in [2.75, 3.05) is 14.1 Å². The highest BCUT2D eigenvalue weighted by Crippen LogP contribution is 2.30. The summed E-state index contributed by atoms with van der Waals surface area (Å²) in [6, 6.07) is 6.69. The number of H-pyrrole nitrogens is 1. The Morgan fingerprint density at radius 3 is 2.88 bits per heavy atom. The fourth-order valence-corrected chi connectivity index (χ4v) is 2.99. The summed E-state index contributed by atoms with van der Waals surface area (Å²) in [5.74, 6) is 0. The van der Waals surface area contributed by atoms with Crippen LogP contribution in [0.3, 0.4) is 0 Å². The quantitative estimate of drug-likeness (QED) is 0.805. The van der Waals surface area contributed by atoms with E-state index in [0.717, 1.165) is 17.5 Å². The van der Waals surface area contributed by atoms with Gasteiger partial charge in [-0.3, -0.25) is 4.57 Å². The Balaban J connectivity index is 2.31. The molecule has 3 rings (SSSR count). The van der Waals surface area contributed by atoms with Crippen molar-refractivity contribution >= 4 is 11.0 Å². The van der Waals surface area contributed by atoms with Crippen LogP contribution in [-0.4, -0.2) is 34.6 Å². The molecule has 2 atom stereocenters. The molecule has 2 heterocycles. The maximum atomic E-state index is 12.0. The molecule has 0 bridgehead atoms. The van der Waals surface area contributed by atoms with Gasteiger partial charge in [0.25, 0.3) is 0 Å². The average molecular weight is 231 g/mol. The van der Waals surface area contributed by atoms with Crippen LogP contribution in [0.4, 0.5) is 0 Å². The molecule has 17 heavy (non-hydrogen) atoms. The van der Waals surface area contributed by atoms with E-state index in [1.165, 1.54) is 5.56 Å². The fourth-order valence-electron chi connectivity index (χ4n) is 2.99. The average Bonchev–Trinajstić information content (AvgIpc) is 2.61. The molecule has 1 aliphatic heterocycles. The van der Waals surface area contributed by atoms with Gasteiger partial charge in [-0.2, -0.15) is 0 Å². The predicted molar refractivity (Wildman–Crippen MR) is 68.4 cm³/mol. The first-order valence-corrected chi connectivity index (χ1v) is 5.98. The standard InChI is InChI=1S/C13H17N3O/c1-8-11(15(2)3)7-9-5-4-6-10-12(9)16(8)13(17)14-10/h4-6,8,11H,7H2,1-3H3,(H,14,17). The van der Waals surface area contributed by atoms with Gasteiger partial charge in [0.2, 0.25) is 0 Å². The summed E-state index contributed by atoms with van der Waals surface area (Å²) in [4.78, 5) is 17.2. The van der Waals surface area contributed by atoms with Crippen LogP contribution < -0.4 is 5.69 Å². The maximum Gasteiger partial charge on any atom is 0.326 e. The third-order valence-electron chi connectivity index (χ3n) is 3.88. The Labute approximate surface area is 99.9 Å². The van der Waals surface area contributed by atoms with Crippen LogP contribution in [0.15, 0.2) is 23.0 Å². The van der Waals surface area contributed by atoms with Gasteiger partial charge < -0.3 is 9.88 Å². The van der Waals surface area contributed by atoms with Crippen molar-refractivity contribution < 1.29 is 0 Å². The highest BCUT2D eigenvalue weighted by atomic mass is 16.1. The van der Waals surface area contributed by atoms with Gasteiger partial charge in [-0.15, -0.1) is 0 Å². The molecule has 1 aromatic carbocycles. The number of likely N-dealkylation sites (N-methyl/N-ethyl adjacent to an activating group) is 1. The number of hydrogen-bond donors (Lipinski definition) is 1. The number of imidazole rings is 1. The van der Waals surface area contributed by atoms with Crippen molar-refractivity contribution in [3.63, 3.8) is 0 Å². The second kappa shape index (κ2) is 3.47. The number of rotatable bonds is 1. The zero-order valence-electron chi connectivity index (χ0n) is 10.4. The lowest BCUT2D eigenvalue weighted by atomic mass is 9.94. The molecule has 1 aromatic heterocycles. The Kier molecular flexibility index (Phi) is 2.16. The monoisotopic (exact) mass is 231 g/mol. The molecule has 0 saturated heterocycles. The molecule has 2 unspecified atom stereocenters. The SMILES string of the molecule is CC1C(N(C)C)Cc2cccc3[nH]c(=O)n1c23. The van der Waals surface area contributed by atoms with Crippen molar-refractivity contribution in [1.29, 1.82) is 0 Å². The topological polar surface area (TPSA) is 41.0 Å². The van der Waals surface area contributed by atoms with Crippen LogP contribution in [-0.2, 0) is 6.42 Å². The zero-order valence-corrected chi connectivity index (χ0v) is 10.4. The molecule has 0 aliphatic carbocycles. The van der Waals surface area contributed by atoms with Gasteiger partial charge in [-0.05, 0) is 39.1 Å². The van der Waals surface area contributed by atoms with Crippen LogP contribution in [0, 0.1) is 0 Å². The van der Waals surface area contributed by atoms with E-state index in [1.807, 2.05) is 16.7 Å². The van der Waals surface area contributed by atoms with Crippen LogP contribution in [0.2, 0.25) is 0 Å². The van der Waals surface area contributed by atoms with E-state index in [4.69, 9.17) is 0 Å². The maximum absolute atomic E-state index is 12.0. The predicted octanol–water partition coefficient (Wildman–Crippen LogP) is 1.38. The van der Waals surface area contributed by atoms with Crippen molar-refractivity contribution in [3.8, 4) is 0 Å². The molecule has 1 aliphatic rings. The summed E-state index contributed by atoms with van der Waals surface area (Å²) in [6.45, 7) is 2.12. The van der Waals surface area contributed by atoms with Gasteiger partial charge in [-0.25, -0.2) is 4.79 Å². The first kappa shape index (κ1) is 10.6. The Morgan fingerprint density at radius 2 is 2.18 bits per heavy atom. The highest BCUT2D eigenvalue weighted by Gasteiger charge is 2.30. The van der Waals surface area contributed by atoms with Crippen molar-refractivity contribution in [3.05, 3.63) is 34.2 Å². The van der Waals surface area contributed by atoms with E-state index in [9.17, 15) is 4.79 Å². The summed E-state index contributed by atoms with van der Waals surface area (Å²) in [7, 11) is 4.15. The minimum Gasteiger partial charge on any atom is -0.306 e. The Hall–Kier alpha value is -1.55. The summed E-state index contributed by atoms with van der Waals surface area (Å²) in [5, 5.41) is 0. The summed E-state index contributed by atoms with van der Waals surface area (Å²) in [5.41, 5.74) is 3.31. The Morgan fingerprint density at radius 1 is 1.41 bits per heavy atom. The minimum absolute atomic E-state index is 0.00602. The summed E-state index contributed by atoms with van der Waals surface area (Å²) in [6.07, 6.45) is 1.00. The molecule has 0 fully saturated rings. The van der Waals surface area contributed by atoms with Gasteiger partial charge in [0.15, 0.2) is 0 Å². The number of hydrogen-bond acceptors (Lipinski definition) is 2. The van der Waals surface area contributed by atoms with Crippen LogP contribution in [0.25, 0.3) is 11.0 Å². The number of nitrogens with zero attached hydrogens (tertiary/aromatic N) is 2. The minimum atomic E-state index is 0.00602. The lowest BCUT2D eigenvalue weighted by molar-refractivity contribution is 0.214. The zero-order chi connectivity index (χ0) is 12.2. The van der Waals surface area contributed by atoms with Crippen molar-refractivity contribution in [2.45, 2.75) is 25.4 Å². The van der Waals surface area contributed by atoms with E-state index in [0.29, 0.717) is 6.04 Å². The fraction of sp³-hybridized carbons (Fsp3) is 0.462. The highest BCUT2D eigenvalue weighted by molar-refractivity contribution is 5.80. The third kappa shape index (κ3) is 1.37. The lowest BCUT2D eigenvalue weighted by Gasteiger charge is -2.34. The van der Waals surface area contributed by atoms with Gasteiger partial charge in [0.05, 0.1) is 17.1 Å². The third-order valence-corrected chi connectivity index (χ3v) is 3.88. The molecule has 0 radical (unpaired) electrons. The van der Waals surface area contributed by atoms with E-state index in [-0.39, 0.29) is 11.7 Å². The first-order chi connectivity index (χ1) is 8.09. The molecule has 2 aromatic rings. The van der Waals surface area contributed by atoms with Gasteiger partial charge >= 0.3 is 5.69 Å². The summed E-state index contributed by atoms with van der Waals surface area (Å²) < 4.78 is 1.90. The molecule has 90 valence electrons. The van der Waals surface area contributed by atoms with E-state index >= 15 is 0 Å². The molecule has 0 amide bonds. The molecule has 4 nitrogen and oxygen atoms in total. The Bertz CT molecular complexity index is 623. The molecular weight excluding hydrogens is 214 g/mol. The first-order valence-electron chi connectivity index (χ1n) is 5.98. The van der Waals surface area contributed by atoms with E-state index in [2.05, 4.69) is 37.0 Å². The molecule has 1 N–H and O–H groups in total. The number of benzene rings is 1. The van der Waals surface area contributed by atoms with E-state index in [1.54, 1.807) is 0 Å². The number of para-hydroxylation sites is 1. The second-order valence-electron chi connectivity index (χ2n) is 5.09. The lowest BCUT2D eigenvalue weighted by Crippen LogP contribution is -2.42. The summed E-state index contributed by atoms with van der Waals surface area (Å²) >= 11 is 0. The van der Waals surface area contributed by atoms with Crippen molar-refractivity contribution in [2.24, 2.45) is 0 Å². The number of aromatic amines is 1. The van der Waals surface area contributed by atoms with Gasteiger partial charge in [0.1, 0.15) is 0 Å². The van der Waals surface area contributed by atoms with Crippen LogP contribution >= 0.6 is 0 Å². The molecule has 0 spiro atoms. The van der Waals surface area contributed by atoms with Crippen molar-refractivity contribution in [1.82, 2.24) is 14.5 Å². The normalized spacial score (nSPS) is 23.5. The second-order valence-corrected chi connectivity index (χ2v) is 5.09. The van der Waals surface area contributed by atoms with Crippen LogP contribution in [0.1, 0.15) is 18.5 Å². The molecule has 0 saturated carbocycles. The largest absolute Gasteiger partial charge is 0.326 e. The number of aromatic nitrogens is 2. The molecular formula is C13H17N3O.